The molecule has 1 aromatic rings. The molecule has 0 bridgehead atoms. The third-order valence-electron chi connectivity index (χ3n) is 3.09. The first-order valence-corrected chi connectivity index (χ1v) is 7.68. The van der Waals surface area contributed by atoms with E-state index in [4.69, 9.17) is 10.5 Å². The lowest BCUT2D eigenvalue weighted by atomic mass is 10.1. The molecule has 2 N–H and O–H groups in total. The number of sulfone groups is 1. The molecule has 1 aromatic carbocycles. The molecule has 0 aliphatic carbocycles. The number of nitrogens with two attached hydrogens (primary N) is 1. The second kappa shape index (κ2) is 5.08. The maximum atomic E-state index is 12.3. The van der Waals surface area contributed by atoms with Gasteiger partial charge in [0.2, 0.25) is 0 Å². The number of hydrogen-bond acceptors (Lipinski definition) is 5. The minimum absolute atomic E-state index is 0.00995. The summed E-state index contributed by atoms with van der Waals surface area (Å²) in [6, 6.07) is 4.80. The molecule has 1 amide bonds. The predicted octanol–water partition coefficient (Wildman–Crippen LogP) is 0.148. The number of ether oxygens (including phenoxy) is 1. The molecule has 1 fully saturated rings. The monoisotopic (exact) mass is 284 g/mol. The van der Waals surface area contributed by atoms with Gasteiger partial charge < -0.3 is 15.4 Å². The molecule has 0 aromatic heterocycles. The molecule has 0 unspecified atom stereocenters. The van der Waals surface area contributed by atoms with Crippen molar-refractivity contribution in [3.63, 3.8) is 0 Å². The van der Waals surface area contributed by atoms with Gasteiger partial charge in [-0.25, -0.2) is 8.42 Å². The van der Waals surface area contributed by atoms with Crippen LogP contribution in [0.15, 0.2) is 18.2 Å². The van der Waals surface area contributed by atoms with Crippen molar-refractivity contribution in [1.29, 1.82) is 0 Å². The van der Waals surface area contributed by atoms with E-state index in [0.717, 1.165) is 0 Å². The number of benzene rings is 1. The first-order valence-electron chi connectivity index (χ1n) is 5.86. The third kappa shape index (κ3) is 2.98. The van der Waals surface area contributed by atoms with Gasteiger partial charge >= 0.3 is 0 Å². The summed E-state index contributed by atoms with van der Waals surface area (Å²) < 4.78 is 27.8. The van der Waals surface area contributed by atoms with Crippen molar-refractivity contribution in [3.05, 3.63) is 23.8 Å². The molecule has 0 atom stereocenters. The summed E-state index contributed by atoms with van der Waals surface area (Å²) in [5.41, 5.74) is 6.54. The number of nitrogen functional groups attached to an aromatic ring is 1. The number of nitrogens with zero attached hydrogens (tertiary/aromatic N) is 1. The van der Waals surface area contributed by atoms with Crippen LogP contribution in [0, 0.1) is 0 Å². The Hall–Kier alpha value is -1.76. The van der Waals surface area contributed by atoms with Crippen molar-refractivity contribution < 1.29 is 17.9 Å². The van der Waals surface area contributed by atoms with Gasteiger partial charge in [-0.3, -0.25) is 4.79 Å². The van der Waals surface area contributed by atoms with Crippen LogP contribution in [0.4, 0.5) is 5.69 Å². The third-order valence-corrected chi connectivity index (χ3v) is 4.70. The van der Waals surface area contributed by atoms with E-state index in [9.17, 15) is 13.2 Å². The Morgan fingerprint density at radius 3 is 2.53 bits per heavy atom. The summed E-state index contributed by atoms with van der Waals surface area (Å²) in [6.07, 6.45) is 0. The van der Waals surface area contributed by atoms with Gasteiger partial charge in [0.15, 0.2) is 9.84 Å². The average Bonchev–Trinajstić information content (AvgIpc) is 2.37. The molecule has 0 radical (unpaired) electrons. The van der Waals surface area contributed by atoms with Crippen LogP contribution < -0.4 is 10.5 Å². The van der Waals surface area contributed by atoms with Gasteiger partial charge in [-0.15, -0.1) is 0 Å². The molecular weight excluding hydrogens is 268 g/mol. The summed E-state index contributed by atoms with van der Waals surface area (Å²) in [4.78, 5) is 13.8. The zero-order chi connectivity index (χ0) is 14.0. The molecule has 0 spiro atoms. The molecule has 6 nitrogen and oxygen atoms in total. The second-order valence-corrected chi connectivity index (χ2v) is 6.71. The zero-order valence-electron chi connectivity index (χ0n) is 10.6. The summed E-state index contributed by atoms with van der Waals surface area (Å²) in [5, 5.41) is 0. The lowest BCUT2D eigenvalue weighted by Crippen LogP contribution is -2.43. The number of carbonyl (C=O) groups excluding carboxylic acids is 1. The van der Waals surface area contributed by atoms with Crippen LogP contribution >= 0.6 is 0 Å². The van der Waals surface area contributed by atoms with Crippen LogP contribution in [0.25, 0.3) is 0 Å². The van der Waals surface area contributed by atoms with Crippen LogP contribution in [0.5, 0.6) is 5.75 Å². The van der Waals surface area contributed by atoms with Crippen LogP contribution in [0.1, 0.15) is 10.4 Å². The van der Waals surface area contributed by atoms with Crippen molar-refractivity contribution >= 4 is 21.4 Å². The topological polar surface area (TPSA) is 89.7 Å². The van der Waals surface area contributed by atoms with Gasteiger partial charge in [0.25, 0.3) is 5.91 Å². The van der Waals surface area contributed by atoms with E-state index in [-0.39, 0.29) is 30.5 Å². The first-order chi connectivity index (χ1) is 8.93. The fraction of sp³-hybridized carbons (Fsp3) is 0.417. The highest BCUT2D eigenvalue weighted by atomic mass is 32.2. The van der Waals surface area contributed by atoms with E-state index in [2.05, 4.69) is 0 Å². The summed E-state index contributed by atoms with van der Waals surface area (Å²) in [5.74, 6) is 0.191. The molecule has 19 heavy (non-hydrogen) atoms. The van der Waals surface area contributed by atoms with Crippen LogP contribution in [0.3, 0.4) is 0 Å². The molecule has 7 heteroatoms. The Labute approximate surface area is 112 Å². The Bertz CT molecular complexity index is 584. The highest BCUT2D eigenvalue weighted by Gasteiger charge is 2.27. The van der Waals surface area contributed by atoms with Gasteiger partial charge in [0.05, 0.1) is 24.2 Å². The SMILES string of the molecule is COc1cc(N)ccc1C(=O)N1CCS(=O)(=O)CC1. The Kier molecular flexibility index (Phi) is 3.66. The van der Waals surface area contributed by atoms with Gasteiger partial charge in [-0.1, -0.05) is 0 Å². The van der Waals surface area contributed by atoms with Gasteiger partial charge in [0.1, 0.15) is 5.75 Å². The number of hydrogen-bond donors (Lipinski definition) is 1. The zero-order valence-corrected chi connectivity index (χ0v) is 11.4. The highest BCUT2D eigenvalue weighted by Crippen LogP contribution is 2.23. The van der Waals surface area contributed by atoms with E-state index in [0.29, 0.717) is 17.0 Å². The van der Waals surface area contributed by atoms with Gasteiger partial charge in [-0.2, -0.15) is 0 Å². The molecule has 104 valence electrons. The molecule has 1 saturated heterocycles. The fourth-order valence-corrected chi connectivity index (χ4v) is 3.17. The second-order valence-electron chi connectivity index (χ2n) is 4.40. The molecule has 1 aliphatic heterocycles. The standard InChI is InChI=1S/C12H16N2O4S/c1-18-11-8-9(13)2-3-10(11)12(15)14-4-6-19(16,17)7-5-14/h2-3,8H,4-7,13H2,1H3. The van der Waals surface area contributed by atoms with E-state index >= 15 is 0 Å². The molecule has 0 saturated carbocycles. The first kappa shape index (κ1) is 13.7. The molecule has 1 aliphatic rings. The van der Waals surface area contributed by atoms with E-state index < -0.39 is 9.84 Å². The maximum absolute atomic E-state index is 12.3. The van der Waals surface area contributed by atoms with E-state index in [1.54, 1.807) is 18.2 Å². The highest BCUT2D eigenvalue weighted by molar-refractivity contribution is 7.91. The number of carbonyl (C=O) groups is 1. The quantitative estimate of drug-likeness (QED) is 0.781. The Morgan fingerprint density at radius 1 is 1.32 bits per heavy atom. The minimum atomic E-state index is -3.00. The number of rotatable bonds is 2. The number of methoxy groups -OCH3 is 1. The van der Waals surface area contributed by atoms with E-state index in [1.807, 2.05) is 0 Å². The van der Waals surface area contributed by atoms with Crippen molar-refractivity contribution in [2.75, 3.05) is 37.4 Å². The van der Waals surface area contributed by atoms with Crippen LogP contribution in [0.2, 0.25) is 0 Å². The number of amides is 1. The van der Waals surface area contributed by atoms with Crippen molar-refractivity contribution in [1.82, 2.24) is 4.90 Å². The summed E-state index contributed by atoms with van der Waals surface area (Å²) in [6.45, 7) is 0.434. The van der Waals surface area contributed by atoms with Crippen molar-refractivity contribution in [2.24, 2.45) is 0 Å². The Balaban J connectivity index is 2.21. The molecule has 1 heterocycles. The lowest BCUT2D eigenvalue weighted by Gasteiger charge is -2.27. The Morgan fingerprint density at radius 2 is 1.95 bits per heavy atom. The maximum Gasteiger partial charge on any atom is 0.257 e. The molecular formula is C12H16N2O4S. The fourth-order valence-electron chi connectivity index (χ4n) is 1.97. The molecule has 2 rings (SSSR count). The lowest BCUT2D eigenvalue weighted by molar-refractivity contribution is 0.0767. The predicted molar refractivity (Wildman–Crippen MR) is 72.0 cm³/mol. The van der Waals surface area contributed by atoms with Gasteiger partial charge in [-0.05, 0) is 12.1 Å². The van der Waals surface area contributed by atoms with Gasteiger partial charge in [0, 0.05) is 24.8 Å². The van der Waals surface area contributed by atoms with Crippen LogP contribution in [-0.4, -0.2) is 50.9 Å². The van der Waals surface area contributed by atoms with Crippen molar-refractivity contribution in [2.45, 2.75) is 0 Å². The van der Waals surface area contributed by atoms with E-state index in [1.165, 1.54) is 12.0 Å². The minimum Gasteiger partial charge on any atom is -0.496 e. The normalized spacial score (nSPS) is 18.1. The van der Waals surface area contributed by atoms with Crippen molar-refractivity contribution in [3.8, 4) is 5.75 Å². The number of anilines is 1. The average molecular weight is 284 g/mol. The summed E-state index contributed by atoms with van der Waals surface area (Å²) in [7, 11) is -1.53. The largest absolute Gasteiger partial charge is 0.496 e. The summed E-state index contributed by atoms with van der Waals surface area (Å²) >= 11 is 0. The smallest absolute Gasteiger partial charge is 0.257 e. The van der Waals surface area contributed by atoms with Crippen LogP contribution in [-0.2, 0) is 9.84 Å².